The van der Waals surface area contributed by atoms with Crippen molar-refractivity contribution in [3.05, 3.63) is 231 Å². The normalized spacial score (nSPS) is 16.5. The Morgan fingerprint density at radius 3 is 1.04 bits per heavy atom. The number of benzene rings is 4. The van der Waals surface area contributed by atoms with E-state index in [0.717, 1.165) is 85.4 Å². The lowest BCUT2D eigenvalue weighted by Gasteiger charge is -2.37. The molecule has 96 heavy (non-hydrogen) atoms. The van der Waals surface area contributed by atoms with Gasteiger partial charge in [-0.05, 0) is 122 Å². The Labute approximate surface area is 560 Å². The molecule has 4 fully saturated rings. The van der Waals surface area contributed by atoms with Crippen LogP contribution in [-0.2, 0) is 56.8 Å². The largest absolute Gasteiger partial charge is 0.497 e. The van der Waals surface area contributed by atoms with E-state index < -0.39 is 55.0 Å². The Morgan fingerprint density at radius 2 is 0.719 bits per heavy atom. The molecule has 2 aliphatic carbocycles. The van der Waals surface area contributed by atoms with Gasteiger partial charge in [-0.3, -0.25) is 19.2 Å². The molecule has 2 saturated carbocycles. The van der Waals surface area contributed by atoms with Crippen molar-refractivity contribution in [2.45, 2.75) is 124 Å². The zero-order valence-electron chi connectivity index (χ0n) is 53.5. The SMILES string of the molecule is COc1ccc(C2(Cc3ncc(C(=O)CO)cn3)CCCC2)cc1.O=C(CO)c1cnc(CC2(c3cc(F)cc(F)c3)CCOCC2)nc1.O=C(CO)c1cnc(CC2(c3ccc(F)cc3)CCOCC2)nc1.O=C(CO)c1cnc(CC2(c3cccc(Cl)c3)CCCC2)nc1. The standard InChI is InChI=1S/C19H22N2O3.C18H19ClN2O2.C18H18F2N2O3.C18H19FN2O3/c1-24-16-6-4-15(5-7-16)19(8-2-3-9-19)10-18-20-11-14(12-21-18)17(23)13-22;19-15-5-3-4-14(8-15)18(6-1-2-7-18)9-17-20-10-13(11-21-17)16(23)12-22;19-14-5-13(6-15(20)7-14)18(1-3-25-4-2-18)8-17-21-9-12(10-22-17)16(24)11-23;19-15-3-1-14(2-4-15)18(5-7-24-8-6-18)9-17-20-10-13(11-21-17)16(23)12-22/h4-7,11-12,22H,2-3,8-10,13H2,1H3;3-5,8,10-11,22H,1-2,6-7,9,12H2;5-7,9-10,23H,1-4,8,11H2;1-4,10-11,22H,5-9,12H2. The van der Waals surface area contributed by atoms with E-state index in [1.807, 2.05) is 42.5 Å². The van der Waals surface area contributed by atoms with Crippen molar-refractivity contribution < 1.29 is 67.0 Å². The number of halogens is 4. The lowest BCUT2D eigenvalue weighted by Crippen LogP contribution is -2.36. The topological polar surface area (TPSA) is 280 Å². The molecule has 23 heteroatoms. The molecule has 0 bridgehead atoms. The second-order valence-corrected chi connectivity index (χ2v) is 25.2. The van der Waals surface area contributed by atoms with Crippen LogP contribution in [0, 0.1) is 17.5 Å². The first-order valence-electron chi connectivity index (χ1n) is 32.0. The molecule has 4 N–H and O–H groups in total. The fourth-order valence-corrected chi connectivity index (χ4v) is 13.5. The summed E-state index contributed by atoms with van der Waals surface area (Å²) >= 11 is 6.17. The average molecular weight is 1340 g/mol. The smallest absolute Gasteiger partial charge is 0.191 e. The first-order chi connectivity index (χ1) is 46.4. The zero-order chi connectivity index (χ0) is 68.1. The Kier molecular flexibility index (Phi) is 25.4. The summed E-state index contributed by atoms with van der Waals surface area (Å²) in [4.78, 5) is 80.1. The van der Waals surface area contributed by atoms with E-state index in [9.17, 15) is 32.3 Å². The maximum absolute atomic E-state index is 13.7. The molecule has 12 rings (SSSR count). The molecule has 4 aliphatic rings. The van der Waals surface area contributed by atoms with Crippen molar-refractivity contribution in [3.8, 4) is 5.75 Å². The van der Waals surface area contributed by atoms with Crippen LogP contribution in [-0.4, -0.2) is 143 Å². The molecule has 4 aromatic carbocycles. The van der Waals surface area contributed by atoms with Gasteiger partial charge in [-0.2, -0.15) is 0 Å². The number of rotatable bonds is 21. The minimum Gasteiger partial charge on any atom is -0.497 e. The fourth-order valence-electron chi connectivity index (χ4n) is 13.3. The highest BCUT2D eigenvalue weighted by Gasteiger charge is 2.40. The summed E-state index contributed by atoms with van der Waals surface area (Å²) in [5, 5.41) is 36.3. The second-order valence-electron chi connectivity index (χ2n) is 24.7. The molecular weight excluding hydrogens is 1260 g/mol. The maximum Gasteiger partial charge on any atom is 0.191 e. The summed E-state index contributed by atoms with van der Waals surface area (Å²) in [6.45, 7) is 0.0507. The number of methoxy groups -OCH3 is 1. The Hall–Kier alpha value is -8.48. The van der Waals surface area contributed by atoms with E-state index in [-0.39, 0.29) is 39.2 Å². The second kappa shape index (κ2) is 34.0. The van der Waals surface area contributed by atoms with Crippen LogP contribution in [0.25, 0.3) is 0 Å². The number of carbonyl (C=O) groups is 4. The van der Waals surface area contributed by atoms with Crippen LogP contribution in [0.5, 0.6) is 5.75 Å². The molecule has 0 amide bonds. The van der Waals surface area contributed by atoms with E-state index in [1.165, 1.54) is 111 Å². The number of aliphatic hydroxyl groups is 4. The van der Waals surface area contributed by atoms with Gasteiger partial charge < -0.3 is 34.6 Å². The third kappa shape index (κ3) is 18.5. The van der Waals surface area contributed by atoms with Gasteiger partial charge in [0.05, 0.1) is 29.4 Å². The van der Waals surface area contributed by atoms with Crippen LogP contribution >= 0.6 is 11.6 Å². The number of carbonyl (C=O) groups excluding carboxylic acids is 4. The van der Waals surface area contributed by atoms with Crippen LogP contribution < -0.4 is 4.74 Å². The van der Waals surface area contributed by atoms with Crippen LogP contribution in [0.4, 0.5) is 13.2 Å². The fraction of sp³-hybridized carbons (Fsp3) is 0.397. The highest BCUT2D eigenvalue weighted by Crippen LogP contribution is 2.46. The molecule has 6 heterocycles. The van der Waals surface area contributed by atoms with E-state index in [4.69, 9.17) is 46.2 Å². The van der Waals surface area contributed by atoms with Crippen molar-refractivity contribution in [2.75, 3.05) is 60.0 Å². The monoisotopic (exact) mass is 1330 g/mol. The van der Waals surface area contributed by atoms with Gasteiger partial charge in [-0.1, -0.05) is 73.7 Å². The van der Waals surface area contributed by atoms with Gasteiger partial charge in [-0.25, -0.2) is 53.0 Å². The average Bonchev–Trinajstić information content (AvgIpc) is 1.52. The van der Waals surface area contributed by atoms with Gasteiger partial charge in [0, 0.05) is 134 Å². The van der Waals surface area contributed by atoms with E-state index >= 15 is 0 Å². The van der Waals surface area contributed by atoms with Crippen LogP contribution in [0.1, 0.15) is 164 Å². The van der Waals surface area contributed by atoms with Gasteiger partial charge in [0.2, 0.25) is 0 Å². The molecule has 0 radical (unpaired) electrons. The zero-order valence-corrected chi connectivity index (χ0v) is 54.2. The number of ketones is 4. The predicted octanol–water partition coefficient (Wildman–Crippen LogP) is 10.4. The lowest BCUT2D eigenvalue weighted by atomic mass is 9.71. The number of ether oxygens (including phenoxy) is 3. The summed E-state index contributed by atoms with van der Waals surface area (Å²) in [6.07, 6.45) is 26.1. The molecule has 8 aromatic rings. The highest BCUT2D eigenvalue weighted by molar-refractivity contribution is 6.30. The minimum atomic E-state index is -0.620. The van der Waals surface area contributed by atoms with Crippen molar-refractivity contribution >= 4 is 34.7 Å². The predicted molar refractivity (Wildman–Crippen MR) is 350 cm³/mol. The van der Waals surface area contributed by atoms with E-state index in [0.29, 0.717) is 86.0 Å². The van der Waals surface area contributed by atoms with E-state index in [1.54, 1.807) is 7.11 Å². The van der Waals surface area contributed by atoms with Gasteiger partial charge in [-0.15, -0.1) is 0 Å². The first kappa shape index (κ1) is 71.8. The molecule has 0 spiro atoms. The molecule has 19 nitrogen and oxygen atoms in total. The number of Topliss-reactive ketones (excluding diaryl/α,β-unsaturated/α-hetero) is 4. The van der Waals surface area contributed by atoms with Crippen molar-refractivity contribution in [2.24, 2.45) is 0 Å². The number of nitrogens with zero attached hydrogens (tertiary/aromatic N) is 8. The van der Waals surface area contributed by atoms with Crippen LogP contribution in [0.15, 0.2) is 141 Å². The summed E-state index contributed by atoms with van der Waals surface area (Å²) in [7, 11) is 1.67. The molecule has 2 aliphatic heterocycles. The number of hydrogen-bond acceptors (Lipinski definition) is 19. The van der Waals surface area contributed by atoms with Gasteiger partial charge in [0.25, 0.3) is 0 Å². The molecule has 0 unspecified atom stereocenters. The summed E-state index contributed by atoms with van der Waals surface area (Å²) in [5.74, 6) is 0.338. The number of aliphatic hydroxyl groups excluding tert-OH is 4. The number of aromatic nitrogens is 8. The lowest BCUT2D eigenvalue weighted by molar-refractivity contribution is 0.0490. The van der Waals surface area contributed by atoms with Crippen molar-refractivity contribution in [1.82, 2.24) is 39.9 Å². The first-order valence-corrected chi connectivity index (χ1v) is 32.4. The quantitative estimate of drug-likeness (QED) is 0.0487. The van der Waals surface area contributed by atoms with Gasteiger partial charge in [0.15, 0.2) is 23.1 Å². The minimum absolute atomic E-state index is 0.0212. The molecule has 2 saturated heterocycles. The van der Waals surface area contributed by atoms with Crippen molar-refractivity contribution in [1.29, 1.82) is 0 Å². The molecule has 504 valence electrons. The molecule has 0 atom stereocenters. The summed E-state index contributed by atoms with van der Waals surface area (Å²) in [5.41, 5.74) is 4.71. The van der Waals surface area contributed by atoms with Crippen LogP contribution in [0.3, 0.4) is 0 Å². The number of hydrogen-bond donors (Lipinski definition) is 4. The molecular formula is C73H78ClF3N8O11. The Bertz CT molecular complexity index is 3830. The van der Waals surface area contributed by atoms with Crippen molar-refractivity contribution in [3.63, 3.8) is 0 Å². The Morgan fingerprint density at radius 1 is 0.406 bits per heavy atom. The Balaban J connectivity index is 0.000000150. The van der Waals surface area contributed by atoms with Gasteiger partial charge >= 0.3 is 0 Å². The highest BCUT2D eigenvalue weighted by atomic mass is 35.5. The summed E-state index contributed by atoms with van der Waals surface area (Å²) < 4.78 is 56.8. The third-order valence-corrected chi connectivity index (χ3v) is 19.0. The summed E-state index contributed by atoms with van der Waals surface area (Å²) in [6, 6.07) is 26.4. The van der Waals surface area contributed by atoms with Crippen LogP contribution in [0.2, 0.25) is 5.02 Å². The van der Waals surface area contributed by atoms with Gasteiger partial charge in [0.1, 0.15) is 72.9 Å². The maximum atomic E-state index is 13.7. The third-order valence-electron chi connectivity index (χ3n) is 18.8. The molecule has 4 aromatic heterocycles. The van der Waals surface area contributed by atoms with E-state index in [2.05, 4.69) is 58.1 Å².